The highest BCUT2D eigenvalue weighted by Crippen LogP contribution is 2.40. The second kappa shape index (κ2) is 14.5. The lowest BCUT2D eigenvalue weighted by Gasteiger charge is -2.12. The molecule has 0 spiro atoms. The fraction of sp³-hybridized carbons (Fsp3) is 0.0200. The van der Waals surface area contributed by atoms with Gasteiger partial charge in [0.1, 0.15) is 11.2 Å². The highest BCUT2D eigenvalue weighted by molar-refractivity contribution is 6.13. The van der Waals surface area contributed by atoms with Crippen molar-refractivity contribution in [3.05, 3.63) is 194 Å². The first-order chi connectivity index (χ1) is 26.7. The van der Waals surface area contributed by atoms with Gasteiger partial charge in [0.05, 0.1) is 0 Å². The number of aromatic nitrogens is 3. The van der Waals surface area contributed by atoms with Crippen molar-refractivity contribution in [1.29, 1.82) is 0 Å². The molecule has 0 saturated heterocycles. The summed E-state index contributed by atoms with van der Waals surface area (Å²) in [6.07, 6.45) is 8.16. The van der Waals surface area contributed by atoms with Crippen LogP contribution in [0.2, 0.25) is 0 Å². The molecule has 9 rings (SSSR count). The first-order valence-corrected chi connectivity index (χ1v) is 18.1. The molecule has 0 radical (unpaired) electrons. The lowest BCUT2D eigenvalue weighted by atomic mass is 9.98. The minimum atomic E-state index is 0.585. The van der Waals surface area contributed by atoms with E-state index in [0.29, 0.717) is 17.5 Å². The maximum absolute atomic E-state index is 6.47. The lowest BCUT2D eigenvalue weighted by Crippen LogP contribution is -2.01. The maximum atomic E-state index is 6.47. The highest BCUT2D eigenvalue weighted by atomic mass is 16.3. The van der Waals surface area contributed by atoms with Gasteiger partial charge in [-0.1, -0.05) is 176 Å². The summed E-state index contributed by atoms with van der Waals surface area (Å²) in [6.45, 7) is 2.01. The molecule has 4 nitrogen and oxygen atoms in total. The van der Waals surface area contributed by atoms with Crippen LogP contribution in [0.15, 0.2) is 193 Å². The Hall–Kier alpha value is -7.17. The SMILES string of the molecule is C/C=C\C=C/c1ccc(-c2nc(-c3ccc(-c4ccc(-c5ccccc5)cc4)cc3)nc(-c3cc(-c4ccccc4)cc4oc5ccccc5c34)n2)cc1. The first kappa shape index (κ1) is 32.7. The summed E-state index contributed by atoms with van der Waals surface area (Å²) >= 11 is 0. The monoisotopic (exact) mass is 693 g/mol. The quantitative estimate of drug-likeness (QED) is 0.149. The number of allylic oxidation sites excluding steroid dienone is 3. The molecule has 0 N–H and O–H groups in total. The van der Waals surface area contributed by atoms with Gasteiger partial charge in [-0.05, 0) is 64.1 Å². The van der Waals surface area contributed by atoms with Gasteiger partial charge < -0.3 is 4.42 Å². The number of nitrogens with zero attached hydrogens (tertiary/aromatic N) is 3. The molecule has 2 heterocycles. The summed E-state index contributed by atoms with van der Waals surface area (Å²) in [5.74, 6) is 1.79. The van der Waals surface area contributed by atoms with Crippen LogP contribution in [0, 0.1) is 0 Å². The number of hydrogen-bond donors (Lipinski definition) is 0. The topological polar surface area (TPSA) is 51.8 Å². The molecule has 0 atom stereocenters. The van der Waals surface area contributed by atoms with Crippen LogP contribution in [0.4, 0.5) is 0 Å². The van der Waals surface area contributed by atoms with Gasteiger partial charge in [0.25, 0.3) is 0 Å². The zero-order valence-corrected chi connectivity index (χ0v) is 29.7. The average molecular weight is 694 g/mol. The number of furan rings is 1. The number of fused-ring (bicyclic) bond motifs is 3. The Balaban J connectivity index is 1.18. The van der Waals surface area contributed by atoms with Crippen molar-refractivity contribution in [2.45, 2.75) is 6.92 Å². The van der Waals surface area contributed by atoms with E-state index in [2.05, 4.69) is 146 Å². The third-order valence-electron chi connectivity index (χ3n) is 9.69. The zero-order valence-electron chi connectivity index (χ0n) is 29.7. The van der Waals surface area contributed by atoms with Crippen LogP contribution in [0.25, 0.3) is 95.6 Å². The molecule has 54 heavy (non-hydrogen) atoms. The van der Waals surface area contributed by atoms with Crippen molar-refractivity contribution < 1.29 is 4.42 Å². The molecule has 0 unspecified atom stereocenters. The van der Waals surface area contributed by atoms with Crippen LogP contribution in [0.3, 0.4) is 0 Å². The minimum absolute atomic E-state index is 0.585. The summed E-state index contributed by atoms with van der Waals surface area (Å²) in [7, 11) is 0. The lowest BCUT2D eigenvalue weighted by molar-refractivity contribution is 0.669. The minimum Gasteiger partial charge on any atom is -0.456 e. The van der Waals surface area contributed by atoms with E-state index in [1.165, 1.54) is 11.1 Å². The van der Waals surface area contributed by atoms with Crippen LogP contribution in [0.1, 0.15) is 12.5 Å². The molecule has 0 aliphatic heterocycles. The molecule has 0 bridgehead atoms. The van der Waals surface area contributed by atoms with Crippen molar-refractivity contribution >= 4 is 28.0 Å². The van der Waals surface area contributed by atoms with Crippen LogP contribution < -0.4 is 0 Å². The van der Waals surface area contributed by atoms with Crippen LogP contribution in [0.5, 0.6) is 0 Å². The Kier molecular flexibility index (Phi) is 8.76. The third-order valence-corrected chi connectivity index (χ3v) is 9.69. The molecular formula is C50H35N3O. The summed E-state index contributed by atoms with van der Waals surface area (Å²) in [6, 6.07) is 58.7. The Labute approximate surface area is 314 Å². The third kappa shape index (κ3) is 6.53. The van der Waals surface area contributed by atoms with Crippen molar-refractivity contribution in [2.75, 3.05) is 0 Å². The summed E-state index contributed by atoms with van der Waals surface area (Å²) in [5, 5.41) is 2.00. The smallest absolute Gasteiger partial charge is 0.164 e. The fourth-order valence-electron chi connectivity index (χ4n) is 6.90. The number of rotatable bonds is 8. The molecule has 0 fully saturated rings. The predicted octanol–water partition coefficient (Wildman–Crippen LogP) is 13.4. The van der Waals surface area contributed by atoms with Gasteiger partial charge in [0.2, 0.25) is 0 Å². The molecular weight excluding hydrogens is 659 g/mol. The summed E-state index contributed by atoms with van der Waals surface area (Å²) in [5.41, 5.74) is 12.2. The van der Waals surface area contributed by atoms with Gasteiger partial charge in [0.15, 0.2) is 17.5 Å². The van der Waals surface area contributed by atoms with Crippen molar-refractivity contribution in [3.63, 3.8) is 0 Å². The standard InChI is InChI=1S/C50H35N3O/c1-2-3-6-13-34-20-22-40(23-21-34)48-51-49(41-30-28-39(29-31-41)38-26-24-37(25-27-38)35-14-7-4-8-15-35)53-50(52-48)44-32-42(36-16-9-5-10-17-36)33-46-47(44)43-18-11-12-19-45(43)54-46/h2-33H,1H3/b3-2-,13-6-. The number of benzene rings is 7. The first-order valence-electron chi connectivity index (χ1n) is 18.1. The Morgan fingerprint density at radius 1 is 0.407 bits per heavy atom. The predicted molar refractivity (Wildman–Crippen MR) is 224 cm³/mol. The average Bonchev–Trinajstić information content (AvgIpc) is 3.63. The van der Waals surface area contributed by atoms with E-state index in [4.69, 9.17) is 19.4 Å². The maximum Gasteiger partial charge on any atom is 0.164 e. The van der Waals surface area contributed by atoms with Crippen LogP contribution in [-0.2, 0) is 0 Å². The Bertz CT molecular complexity index is 2780. The molecule has 0 amide bonds. The van der Waals surface area contributed by atoms with E-state index in [1.54, 1.807) is 0 Å². The zero-order chi connectivity index (χ0) is 36.3. The second-order valence-corrected chi connectivity index (χ2v) is 13.2. The van der Waals surface area contributed by atoms with E-state index < -0.39 is 0 Å². The van der Waals surface area contributed by atoms with Gasteiger partial charge in [-0.2, -0.15) is 0 Å². The normalized spacial score (nSPS) is 11.6. The van der Waals surface area contributed by atoms with Gasteiger partial charge in [0, 0.05) is 27.5 Å². The Morgan fingerprint density at radius 2 is 0.889 bits per heavy atom. The fourth-order valence-corrected chi connectivity index (χ4v) is 6.90. The van der Waals surface area contributed by atoms with E-state index >= 15 is 0 Å². The van der Waals surface area contributed by atoms with Crippen molar-refractivity contribution in [2.24, 2.45) is 0 Å². The molecule has 4 heteroatoms. The van der Waals surface area contributed by atoms with Crippen LogP contribution >= 0.6 is 0 Å². The molecule has 0 aliphatic rings. The van der Waals surface area contributed by atoms with Gasteiger partial charge in [-0.25, -0.2) is 15.0 Å². The van der Waals surface area contributed by atoms with Crippen molar-refractivity contribution in [3.8, 4) is 67.5 Å². The van der Waals surface area contributed by atoms with E-state index in [1.807, 2.05) is 55.5 Å². The summed E-state index contributed by atoms with van der Waals surface area (Å²) < 4.78 is 6.47. The van der Waals surface area contributed by atoms with E-state index in [9.17, 15) is 0 Å². The van der Waals surface area contributed by atoms with Crippen LogP contribution in [-0.4, -0.2) is 15.0 Å². The van der Waals surface area contributed by atoms with Crippen molar-refractivity contribution in [1.82, 2.24) is 15.0 Å². The molecule has 256 valence electrons. The molecule has 7 aromatic carbocycles. The Morgan fingerprint density at radius 3 is 1.48 bits per heavy atom. The second-order valence-electron chi connectivity index (χ2n) is 13.2. The largest absolute Gasteiger partial charge is 0.456 e. The highest BCUT2D eigenvalue weighted by Gasteiger charge is 2.20. The molecule has 0 aliphatic carbocycles. The van der Waals surface area contributed by atoms with Gasteiger partial charge in [-0.15, -0.1) is 0 Å². The molecule has 0 saturated carbocycles. The van der Waals surface area contributed by atoms with E-state index in [-0.39, 0.29) is 0 Å². The number of para-hydroxylation sites is 1. The van der Waals surface area contributed by atoms with Gasteiger partial charge >= 0.3 is 0 Å². The van der Waals surface area contributed by atoms with E-state index in [0.717, 1.165) is 66.4 Å². The molecule has 9 aromatic rings. The van der Waals surface area contributed by atoms with Gasteiger partial charge in [-0.3, -0.25) is 0 Å². The number of hydrogen-bond acceptors (Lipinski definition) is 4. The molecule has 2 aromatic heterocycles. The summed E-state index contributed by atoms with van der Waals surface area (Å²) in [4.78, 5) is 15.5.